The Hall–Kier alpha value is -0.450. The summed E-state index contributed by atoms with van der Waals surface area (Å²) in [6, 6.07) is 0. The summed E-state index contributed by atoms with van der Waals surface area (Å²) in [5, 5.41) is 15.5. The third-order valence-corrected chi connectivity index (χ3v) is 3.12. The highest BCUT2D eigenvalue weighted by atomic mass is 32.1. The minimum atomic E-state index is 0.0812. The maximum absolute atomic E-state index is 9.17. The van der Waals surface area contributed by atoms with Crippen molar-refractivity contribution in [1.29, 1.82) is 0 Å². The molecule has 0 bridgehead atoms. The molecule has 66 valence electrons. The van der Waals surface area contributed by atoms with Gasteiger partial charge in [-0.05, 0) is 0 Å². The molecular formula is C8H12N2OS. The molecule has 0 unspecified atom stereocenters. The SMILES string of the molecule is OCC1(Cc2nccs2)CNC1. The summed E-state index contributed by atoms with van der Waals surface area (Å²) in [7, 11) is 0. The van der Waals surface area contributed by atoms with E-state index >= 15 is 0 Å². The number of hydrogen-bond donors (Lipinski definition) is 2. The van der Waals surface area contributed by atoms with E-state index in [0.29, 0.717) is 0 Å². The number of nitrogens with zero attached hydrogens (tertiary/aromatic N) is 1. The first kappa shape index (κ1) is 8.16. The molecule has 2 rings (SSSR count). The van der Waals surface area contributed by atoms with Gasteiger partial charge in [-0.2, -0.15) is 0 Å². The minimum Gasteiger partial charge on any atom is -0.396 e. The van der Waals surface area contributed by atoms with Crippen LogP contribution in [0.5, 0.6) is 0 Å². The van der Waals surface area contributed by atoms with E-state index in [9.17, 15) is 5.11 Å². The van der Waals surface area contributed by atoms with Gasteiger partial charge in [0.25, 0.3) is 0 Å². The largest absolute Gasteiger partial charge is 0.396 e. The first-order valence-corrected chi connectivity index (χ1v) is 4.93. The van der Waals surface area contributed by atoms with Crippen molar-refractivity contribution in [3.05, 3.63) is 16.6 Å². The first-order chi connectivity index (χ1) is 5.85. The van der Waals surface area contributed by atoms with E-state index in [0.717, 1.165) is 24.5 Å². The minimum absolute atomic E-state index is 0.0812. The van der Waals surface area contributed by atoms with Gasteiger partial charge in [-0.1, -0.05) is 0 Å². The second kappa shape index (κ2) is 3.12. The van der Waals surface area contributed by atoms with Gasteiger partial charge in [0.05, 0.1) is 11.6 Å². The fourth-order valence-corrected chi connectivity index (χ4v) is 2.22. The van der Waals surface area contributed by atoms with Gasteiger partial charge in [-0.3, -0.25) is 0 Å². The Kier molecular flexibility index (Phi) is 2.12. The Labute approximate surface area is 75.5 Å². The molecule has 1 aliphatic rings. The van der Waals surface area contributed by atoms with E-state index in [2.05, 4.69) is 10.3 Å². The quantitative estimate of drug-likeness (QED) is 0.708. The van der Waals surface area contributed by atoms with Crippen molar-refractivity contribution in [3.63, 3.8) is 0 Å². The normalized spacial score (nSPS) is 20.4. The number of hydrogen-bond acceptors (Lipinski definition) is 4. The molecule has 0 amide bonds. The third kappa shape index (κ3) is 1.37. The monoisotopic (exact) mass is 184 g/mol. The highest BCUT2D eigenvalue weighted by Crippen LogP contribution is 2.27. The van der Waals surface area contributed by atoms with Crippen molar-refractivity contribution in [2.45, 2.75) is 6.42 Å². The molecule has 0 atom stereocenters. The number of aliphatic hydroxyl groups excluding tert-OH is 1. The van der Waals surface area contributed by atoms with Crippen LogP contribution in [0.2, 0.25) is 0 Å². The molecule has 1 saturated heterocycles. The predicted octanol–water partition coefficient (Wildman–Crippen LogP) is 0.268. The van der Waals surface area contributed by atoms with Crippen LogP contribution in [0.1, 0.15) is 5.01 Å². The Morgan fingerprint density at radius 1 is 1.67 bits per heavy atom. The number of nitrogens with one attached hydrogen (secondary N) is 1. The van der Waals surface area contributed by atoms with Crippen LogP contribution in [-0.4, -0.2) is 29.8 Å². The molecule has 1 aromatic heterocycles. The maximum atomic E-state index is 9.17. The van der Waals surface area contributed by atoms with Crippen LogP contribution in [0.15, 0.2) is 11.6 Å². The van der Waals surface area contributed by atoms with E-state index < -0.39 is 0 Å². The third-order valence-electron chi connectivity index (χ3n) is 2.35. The second-order valence-corrected chi connectivity index (χ2v) is 4.34. The van der Waals surface area contributed by atoms with Crippen LogP contribution in [0.25, 0.3) is 0 Å². The zero-order valence-corrected chi connectivity index (χ0v) is 7.60. The lowest BCUT2D eigenvalue weighted by molar-refractivity contribution is 0.0687. The molecule has 1 aromatic rings. The molecule has 2 N–H and O–H groups in total. The standard InChI is InChI=1S/C8H12N2OS/c11-6-8(4-9-5-8)3-7-10-1-2-12-7/h1-2,9,11H,3-6H2. The fourth-order valence-electron chi connectivity index (χ4n) is 1.43. The van der Waals surface area contributed by atoms with E-state index in [4.69, 9.17) is 0 Å². The fraction of sp³-hybridized carbons (Fsp3) is 0.625. The molecule has 4 heteroatoms. The summed E-state index contributed by atoms with van der Waals surface area (Å²) < 4.78 is 0. The molecule has 0 spiro atoms. The molecular weight excluding hydrogens is 172 g/mol. The zero-order chi connectivity index (χ0) is 8.44. The molecule has 0 aromatic carbocycles. The highest BCUT2D eigenvalue weighted by molar-refractivity contribution is 7.09. The molecule has 1 fully saturated rings. The topological polar surface area (TPSA) is 45.2 Å². The van der Waals surface area contributed by atoms with Crippen molar-refractivity contribution >= 4 is 11.3 Å². The van der Waals surface area contributed by atoms with Gasteiger partial charge in [-0.25, -0.2) is 4.98 Å². The van der Waals surface area contributed by atoms with Gasteiger partial charge < -0.3 is 10.4 Å². The lowest BCUT2D eigenvalue weighted by Crippen LogP contribution is -2.56. The summed E-state index contributed by atoms with van der Waals surface area (Å²) in [5.41, 5.74) is 0.0812. The number of aliphatic hydroxyl groups is 1. The van der Waals surface area contributed by atoms with Crippen molar-refractivity contribution in [2.75, 3.05) is 19.7 Å². The van der Waals surface area contributed by atoms with E-state index in [1.165, 1.54) is 0 Å². The highest BCUT2D eigenvalue weighted by Gasteiger charge is 2.36. The Morgan fingerprint density at radius 3 is 2.92 bits per heavy atom. The Morgan fingerprint density at radius 2 is 2.50 bits per heavy atom. The van der Waals surface area contributed by atoms with Crippen LogP contribution < -0.4 is 5.32 Å². The molecule has 0 aliphatic carbocycles. The molecule has 3 nitrogen and oxygen atoms in total. The van der Waals surface area contributed by atoms with Crippen molar-refractivity contribution in [2.24, 2.45) is 5.41 Å². The van der Waals surface area contributed by atoms with Crippen molar-refractivity contribution < 1.29 is 5.11 Å². The molecule has 12 heavy (non-hydrogen) atoms. The average Bonchev–Trinajstić information content (AvgIpc) is 2.49. The summed E-state index contributed by atoms with van der Waals surface area (Å²) in [6.07, 6.45) is 2.73. The lowest BCUT2D eigenvalue weighted by Gasteiger charge is -2.40. The van der Waals surface area contributed by atoms with Gasteiger partial charge in [0.2, 0.25) is 0 Å². The summed E-state index contributed by atoms with van der Waals surface area (Å²) >= 11 is 1.66. The van der Waals surface area contributed by atoms with Crippen LogP contribution in [-0.2, 0) is 6.42 Å². The van der Waals surface area contributed by atoms with Crippen LogP contribution in [0, 0.1) is 5.41 Å². The molecule has 0 radical (unpaired) electrons. The van der Waals surface area contributed by atoms with E-state index in [1.54, 1.807) is 11.3 Å². The summed E-state index contributed by atoms with van der Waals surface area (Å²) in [4.78, 5) is 4.21. The zero-order valence-electron chi connectivity index (χ0n) is 6.79. The maximum Gasteiger partial charge on any atom is 0.0932 e. The predicted molar refractivity (Wildman–Crippen MR) is 48.2 cm³/mol. The van der Waals surface area contributed by atoms with E-state index in [-0.39, 0.29) is 12.0 Å². The first-order valence-electron chi connectivity index (χ1n) is 4.05. The smallest absolute Gasteiger partial charge is 0.0932 e. The van der Waals surface area contributed by atoms with Crippen LogP contribution in [0.3, 0.4) is 0 Å². The van der Waals surface area contributed by atoms with Gasteiger partial charge in [-0.15, -0.1) is 11.3 Å². The van der Waals surface area contributed by atoms with Gasteiger partial charge in [0.15, 0.2) is 0 Å². The average molecular weight is 184 g/mol. The number of rotatable bonds is 3. The van der Waals surface area contributed by atoms with Gasteiger partial charge >= 0.3 is 0 Å². The van der Waals surface area contributed by atoms with Crippen molar-refractivity contribution in [1.82, 2.24) is 10.3 Å². The summed E-state index contributed by atoms with van der Waals surface area (Å²) in [6.45, 7) is 2.10. The Balaban J connectivity index is 2.01. The number of aromatic nitrogens is 1. The van der Waals surface area contributed by atoms with Crippen LogP contribution in [0.4, 0.5) is 0 Å². The van der Waals surface area contributed by atoms with Gasteiger partial charge in [0, 0.05) is 36.5 Å². The lowest BCUT2D eigenvalue weighted by atomic mass is 9.80. The Bertz CT molecular complexity index is 238. The van der Waals surface area contributed by atoms with Crippen molar-refractivity contribution in [3.8, 4) is 0 Å². The van der Waals surface area contributed by atoms with E-state index in [1.807, 2.05) is 11.6 Å². The molecule has 1 aliphatic heterocycles. The molecule has 2 heterocycles. The van der Waals surface area contributed by atoms with Gasteiger partial charge in [0.1, 0.15) is 0 Å². The number of thiazole rings is 1. The molecule has 0 saturated carbocycles. The second-order valence-electron chi connectivity index (χ2n) is 3.36. The summed E-state index contributed by atoms with van der Waals surface area (Å²) in [5.74, 6) is 0. The van der Waals surface area contributed by atoms with Crippen LogP contribution >= 0.6 is 11.3 Å².